The SMILES string of the molecule is CC(C)(C)OC(=O)N(CCCCCCCCN(CCCCS(C)(=O)=O)C(=O)OC(C)(C)C)CCCCS(C)(=O)=O. The zero-order valence-corrected chi connectivity index (χ0v) is 27.9. The van der Waals surface area contributed by atoms with Gasteiger partial charge in [0.25, 0.3) is 0 Å². The van der Waals surface area contributed by atoms with Gasteiger partial charge in [0.05, 0.1) is 0 Å². The molecule has 40 heavy (non-hydrogen) atoms. The maximum atomic E-state index is 12.6. The third kappa shape index (κ3) is 24.3. The maximum Gasteiger partial charge on any atom is 0.410 e. The number of unbranched alkanes of at least 4 members (excludes halogenated alkanes) is 7. The maximum absolute atomic E-state index is 12.6. The van der Waals surface area contributed by atoms with Crippen molar-refractivity contribution in [1.29, 1.82) is 0 Å². The van der Waals surface area contributed by atoms with Gasteiger partial charge in [0, 0.05) is 50.2 Å². The lowest BCUT2D eigenvalue weighted by molar-refractivity contribution is 0.0232. The fraction of sp³-hybridized carbons (Fsp3) is 0.929. The molecule has 0 N–H and O–H groups in total. The number of rotatable bonds is 19. The molecule has 0 radical (unpaired) electrons. The Morgan fingerprint density at radius 3 is 1.00 bits per heavy atom. The van der Waals surface area contributed by atoms with E-state index in [4.69, 9.17) is 9.47 Å². The van der Waals surface area contributed by atoms with Crippen molar-refractivity contribution in [2.45, 2.75) is 117 Å². The van der Waals surface area contributed by atoms with Crippen molar-refractivity contribution in [3.05, 3.63) is 0 Å². The predicted molar refractivity (Wildman–Crippen MR) is 161 cm³/mol. The number of amides is 2. The van der Waals surface area contributed by atoms with Gasteiger partial charge >= 0.3 is 12.2 Å². The van der Waals surface area contributed by atoms with E-state index in [9.17, 15) is 26.4 Å². The van der Waals surface area contributed by atoms with Crippen LogP contribution < -0.4 is 0 Å². The molecule has 0 unspecified atom stereocenters. The van der Waals surface area contributed by atoms with Crippen molar-refractivity contribution < 1.29 is 35.9 Å². The fourth-order valence-electron chi connectivity index (χ4n) is 3.89. The second-order valence-corrected chi connectivity index (χ2v) is 17.2. The molecular formula is C28H56N2O8S2. The van der Waals surface area contributed by atoms with Crippen LogP contribution in [0.25, 0.3) is 0 Å². The van der Waals surface area contributed by atoms with Crippen molar-refractivity contribution in [3.8, 4) is 0 Å². The number of sulfone groups is 2. The molecule has 0 rings (SSSR count). The lowest BCUT2D eigenvalue weighted by atomic mass is 10.1. The highest BCUT2D eigenvalue weighted by Gasteiger charge is 2.23. The summed E-state index contributed by atoms with van der Waals surface area (Å²) in [5.74, 6) is 0.225. The molecule has 0 aliphatic heterocycles. The second-order valence-electron chi connectivity index (χ2n) is 12.7. The van der Waals surface area contributed by atoms with Gasteiger partial charge in [-0.15, -0.1) is 0 Å². The largest absolute Gasteiger partial charge is 0.444 e. The molecular weight excluding hydrogens is 556 g/mol. The number of nitrogens with zero attached hydrogens (tertiary/aromatic N) is 2. The first-order valence-corrected chi connectivity index (χ1v) is 18.6. The third-order valence-electron chi connectivity index (χ3n) is 5.80. The lowest BCUT2D eigenvalue weighted by Crippen LogP contribution is -2.38. The summed E-state index contributed by atoms with van der Waals surface area (Å²) in [4.78, 5) is 28.6. The highest BCUT2D eigenvalue weighted by molar-refractivity contribution is 7.90. The highest BCUT2D eigenvalue weighted by Crippen LogP contribution is 2.15. The minimum Gasteiger partial charge on any atom is -0.444 e. The van der Waals surface area contributed by atoms with E-state index in [1.54, 1.807) is 9.80 Å². The Morgan fingerprint density at radius 2 is 0.750 bits per heavy atom. The summed E-state index contributed by atoms with van der Waals surface area (Å²) in [6, 6.07) is 0. The van der Waals surface area contributed by atoms with Gasteiger partial charge in [0.15, 0.2) is 0 Å². The zero-order chi connectivity index (χ0) is 31.0. The van der Waals surface area contributed by atoms with Crippen molar-refractivity contribution in [1.82, 2.24) is 9.80 Å². The van der Waals surface area contributed by atoms with Gasteiger partial charge in [-0.3, -0.25) is 0 Å². The van der Waals surface area contributed by atoms with Gasteiger partial charge in [-0.25, -0.2) is 26.4 Å². The minimum atomic E-state index is -3.02. The van der Waals surface area contributed by atoms with E-state index in [1.165, 1.54) is 12.5 Å². The van der Waals surface area contributed by atoms with Crippen LogP contribution in [-0.2, 0) is 29.1 Å². The molecule has 0 aromatic carbocycles. The van der Waals surface area contributed by atoms with E-state index in [-0.39, 0.29) is 23.7 Å². The fourth-order valence-corrected chi connectivity index (χ4v) is 5.34. The Balaban J connectivity index is 4.54. The van der Waals surface area contributed by atoms with Gasteiger partial charge in [-0.1, -0.05) is 25.7 Å². The van der Waals surface area contributed by atoms with Crippen LogP contribution in [-0.4, -0.2) is 100 Å². The summed E-state index contributed by atoms with van der Waals surface area (Å²) in [5, 5.41) is 0. The van der Waals surface area contributed by atoms with Gasteiger partial charge in [0.1, 0.15) is 30.9 Å². The molecule has 0 bridgehead atoms. The molecule has 0 heterocycles. The first kappa shape index (κ1) is 38.4. The first-order chi connectivity index (χ1) is 18.2. The van der Waals surface area contributed by atoms with E-state index < -0.39 is 30.9 Å². The summed E-state index contributed by atoms with van der Waals surface area (Å²) < 4.78 is 56.6. The predicted octanol–water partition coefficient (Wildman–Crippen LogP) is 5.45. The quantitative estimate of drug-likeness (QED) is 0.176. The number of hydrogen-bond acceptors (Lipinski definition) is 8. The van der Waals surface area contributed by atoms with Gasteiger partial charge in [-0.2, -0.15) is 0 Å². The van der Waals surface area contributed by atoms with Crippen LogP contribution in [0.1, 0.15) is 106 Å². The van der Waals surface area contributed by atoms with Crippen LogP contribution in [0.2, 0.25) is 0 Å². The molecule has 0 aromatic heterocycles. The summed E-state index contributed by atoms with van der Waals surface area (Å²) >= 11 is 0. The molecule has 0 spiro atoms. The van der Waals surface area contributed by atoms with Crippen LogP contribution in [0.15, 0.2) is 0 Å². The van der Waals surface area contributed by atoms with Crippen LogP contribution in [0.3, 0.4) is 0 Å². The lowest BCUT2D eigenvalue weighted by Gasteiger charge is -2.27. The van der Waals surface area contributed by atoms with Crippen molar-refractivity contribution >= 4 is 31.9 Å². The summed E-state index contributed by atoms with van der Waals surface area (Å²) in [6.45, 7) is 13.0. The monoisotopic (exact) mass is 612 g/mol. The Kier molecular flexibility index (Phi) is 17.4. The van der Waals surface area contributed by atoms with Crippen molar-refractivity contribution in [3.63, 3.8) is 0 Å². The Bertz CT molecular complexity index is 874. The van der Waals surface area contributed by atoms with E-state index in [2.05, 4.69) is 0 Å². The van der Waals surface area contributed by atoms with Crippen LogP contribution in [0, 0.1) is 0 Å². The summed E-state index contributed by atoms with van der Waals surface area (Å²) in [5.41, 5.74) is -1.19. The molecule has 0 fully saturated rings. The van der Waals surface area contributed by atoms with Crippen LogP contribution in [0.5, 0.6) is 0 Å². The standard InChI is InChI=1S/C28H56N2O8S2/c1-27(2,3)37-25(31)29(21-15-17-23-39(7,33)34)19-13-11-9-10-12-14-20-30(26(32)38-28(4,5)6)22-16-18-24-40(8,35)36/h9-24H2,1-8H3. The topological polar surface area (TPSA) is 127 Å². The number of hydrogen-bond donors (Lipinski definition) is 0. The average Bonchev–Trinajstić information content (AvgIpc) is 2.74. The highest BCUT2D eigenvalue weighted by atomic mass is 32.2. The van der Waals surface area contributed by atoms with Crippen LogP contribution >= 0.6 is 0 Å². The van der Waals surface area contributed by atoms with Gasteiger partial charge < -0.3 is 19.3 Å². The Morgan fingerprint density at radius 1 is 0.500 bits per heavy atom. The molecule has 10 nitrogen and oxygen atoms in total. The molecule has 0 saturated carbocycles. The number of carbonyl (C=O) groups is 2. The summed E-state index contributed by atoms with van der Waals surface area (Å²) in [6.07, 6.45) is 9.48. The summed E-state index contributed by atoms with van der Waals surface area (Å²) in [7, 11) is -6.04. The molecule has 12 heteroatoms. The minimum absolute atomic E-state index is 0.112. The molecule has 0 aliphatic rings. The Hall–Kier alpha value is -1.56. The zero-order valence-electron chi connectivity index (χ0n) is 26.3. The van der Waals surface area contributed by atoms with Crippen molar-refractivity contribution in [2.24, 2.45) is 0 Å². The molecule has 0 aromatic rings. The number of carbonyl (C=O) groups excluding carboxylic acids is 2. The van der Waals surface area contributed by atoms with E-state index in [0.29, 0.717) is 51.9 Å². The second kappa shape index (κ2) is 18.1. The van der Waals surface area contributed by atoms with Crippen LogP contribution in [0.4, 0.5) is 9.59 Å². The average molecular weight is 613 g/mol. The normalized spacial score (nSPS) is 12.7. The van der Waals surface area contributed by atoms with E-state index >= 15 is 0 Å². The third-order valence-corrected chi connectivity index (χ3v) is 7.86. The van der Waals surface area contributed by atoms with Gasteiger partial charge in [-0.05, 0) is 80.1 Å². The molecule has 238 valence electrons. The number of ether oxygens (including phenoxy) is 2. The molecule has 0 aliphatic carbocycles. The first-order valence-electron chi connectivity index (χ1n) is 14.5. The molecule has 0 atom stereocenters. The Labute approximate surface area is 244 Å². The molecule has 0 saturated heterocycles. The van der Waals surface area contributed by atoms with Crippen molar-refractivity contribution in [2.75, 3.05) is 50.2 Å². The van der Waals surface area contributed by atoms with Gasteiger partial charge in [0.2, 0.25) is 0 Å². The molecule has 2 amide bonds. The van der Waals surface area contributed by atoms with E-state index in [1.807, 2.05) is 41.5 Å². The van der Waals surface area contributed by atoms with E-state index in [0.717, 1.165) is 38.5 Å². The smallest absolute Gasteiger partial charge is 0.410 e.